The quantitative estimate of drug-likeness (QED) is 0.510. The number of rotatable bonds is 8. The lowest BCUT2D eigenvalue weighted by Crippen LogP contribution is -2.35. The van der Waals surface area contributed by atoms with Gasteiger partial charge >= 0.3 is 11.9 Å². The van der Waals surface area contributed by atoms with Gasteiger partial charge in [-0.3, -0.25) is 0 Å². The van der Waals surface area contributed by atoms with Crippen LogP contribution in [0.2, 0.25) is 0 Å². The molecule has 2 atom stereocenters. The van der Waals surface area contributed by atoms with Gasteiger partial charge in [-0.05, 0) is 62.4 Å². The van der Waals surface area contributed by atoms with Crippen molar-refractivity contribution in [2.24, 2.45) is 5.92 Å². The molecule has 1 aliphatic rings. The molecule has 0 bridgehead atoms. The molecule has 2 unspecified atom stereocenters. The van der Waals surface area contributed by atoms with E-state index in [1.165, 1.54) is 7.11 Å². The van der Waals surface area contributed by atoms with Crippen LogP contribution in [0.5, 0.6) is 5.75 Å². The van der Waals surface area contributed by atoms with Gasteiger partial charge in [-0.25, -0.2) is 4.79 Å². The first-order chi connectivity index (χ1) is 14.3. The molecule has 0 saturated carbocycles. The molecule has 0 aliphatic carbocycles. The van der Waals surface area contributed by atoms with E-state index in [9.17, 15) is 13.6 Å². The summed E-state index contributed by atoms with van der Waals surface area (Å²) in [6, 6.07) is 5.25. The standard InChI is InChI=1S/C21H27F2N3O4/c1-13-11-15(6-7-16(13)19(27)28-3)29-10-4-5-14-8-9-24-12-17(14)18-25-20(26-30-18)21(2,22)23/h6-7,11,14,17,24H,4-5,8-10,12H2,1-3H3. The van der Waals surface area contributed by atoms with E-state index >= 15 is 0 Å². The van der Waals surface area contributed by atoms with Crippen LogP contribution in [0.25, 0.3) is 0 Å². The largest absolute Gasteiger partial charge is 0.494 e. The molecule has 3 rings (SSSR count). The maximum absolute atomic E-state index is 13.4. The van der Waals surface area contributed by atoms with Crippen molar-refractivity contribution in [1.29, 1.82) is 0 Å². The highest BCUT2D eigenvalue weighted by Crippen LogP contribution is 2.33. The van der Waals surface area contributed by atoms with Crippen LogP contribution in [0.1, 0.15) is 59.7 Å². The van der Waals surface area contributed by atoms with Crippen LogP contribution in [0.4, 0.5) is 8.78 Å². The van der Waals surface area contributed by atoms with E-state index in [1.807, 2.05) is 13.0 Å². The first kappa shape index (κ1) is 22.1. The molecule has 9 heteroatoms. The number of hydrogen-bond donors (Lipinski definition) is 1. The van der Waals surface area contributed by atoms with E-state index in [2.05, 4.69) is 15.5 Å². The molecule has 1 saturated heterocycles. The average Bonchev–Trinajstić information content (AvgIpc) is 3.22. The minimum atomic E-state index is -3.12. The second kappa shape index (κ2) is 9.51. The number of methoxy groups -OCH3 is 1. The van der Waals surface area contributed by atoms with E-state index < -0.39 is 11.7 Å². The van der Waals surface area contributed by atoms with Crippen molar-refractivity contribution in [1.82, 2.24) is 15.5 Å². The number of nitrogens with zero attached hydrogens (tertiary/aromatic N) is 2. The van der Waals surface area contributed by atoms with Crippen molar-refractivity contribution >= 4 is 5.97 Å². The summed E-state index contributed by atoms with van der Waals surface area (Å²) in [5, 5.41) is 6.71. The zero-order chi connectivity index (χ0) is 21.7. The van der Waals surface area contributed by atoms with Crippen molar-refractivity contribution in [3.63, 3.8) is 0 Å². The molecular formula is C21H27F2N3O4. The maximum atomic E-state index is 13.4. The Morgan fingerprint density at radius 2 is 2.20 bits per heavy atom. The summed E-state index contributed by atoms with van der Waals surface area (Å²) in [6.45, 7) is 4.58. The third-order valence-electron chi connectivity index (χ3n) is 5.37. The number of benzene rings is 1. The Bertz CT molecular complexity index is 866. The van der Waals surface area contributed by atoms with Gasteiger partial charge in [-0.2, -0.15) is 13.8 Å². The summed E-state index contributed by atoms with van der Waals surface area (Å²) in [5.74, 6) is -2.96. The predicted molar refractivity (Wildman–Crippen MR) is 105 cm³/mol. The van der Waals surface area contributed by atoms with E-state index in [0.29, 0.717) is 24.5 Å². The molecule has 164 valence electrons. The molecule has 2 heterocycles. The number of alkyl halides is 2. The van der Waals surface area contributed by atoms with Crippen LogP contribution in [-0.4, -0.2) is 42.9 Å². The smallest absolute Gasteiger partial charge is 0.338 e. The van der Waals surface area contributed by atoms with Gasteiger partial charge in [0.1, 0.15) is 5.75 Å². The third-order valence-corrected chi connectivity index (χ3v) is 5.37. The van der Waals surface area contributed by atoms with Gasteiger partial charge in [-0.1, -0.05) is 5.16 Å². The number of carbonyl (C=O) groups is 1. The lowest BCUT2D eigenvalue weighted by molar-refractivity contribution is 0.00558. The molecule has 1 aromatic heterocycles. The first-order valence-electron chi connectivity index (χ1n) is 10.0. The minimum absolute atomic E-state index is 0.0936. The third kappa shape index (κ3) is 5.33. The lowest BCUT2D eigenvalue weighted by Gasteiger charge is -2.29. The monoisotopic (exact) mass is 423 g/mol. The van der Waals surface area contributed by atoms with Gasteiger partial charge in [0.2, 0.25) is 11.7 Å². The van der Waals surface area contributed by atoms with Gasteiger partial charge in [0.05, 0.1) is 25.2 Å². The highest BCUT2D eigenvalue weighted by atomic mass is 19.3. The predicted octanol–water partition coefficient (Wildman–Crippen LogP) is 3.83. The average molecular weight is 423 g/mol. The van der Waals surface area contributed by atoms with Gasteiger partial charge < -0.3 is 19.3 Å². The van der Waals surface area contributed by atoms with Crippen molar-refractivity contribution in [3.05, 3.63) is 41.0 Å². The van der Waals surface area contributed by atoms with Crippen LogP contribution < -0.4 is 10.1 Å². The number of ether oxygens (including phenoxy) is 2. The summed E-state index contributed by atoms with van der Waals surface area (Å²) in [7, 11) is 1.35. The van der Waals surface area contributed by atoms with Crippen LogP contribution in [0, 0.1) is 12.8 Å². The number of aromatic nitrogens is 2. The highest BCUT2D eigenvalue weighted by Gasteiger charge is 2.35. The Morgan fingerprint density at radius 1 is 1.40 bits per heavy atom. The number of carbonyl (C=O) groups excluding carboxylic acids is 1. The van der Waals surface area contributed by atoms with Gasteiger partial charge in [-0.15, -0.1) is 0 Å². The summed E-state index contributed by atoms with van der Waals surface area (Å²) in [6.07, 6.45) is 2.55. The molecule has 7 nitrogen and oxygen atoms in total. The van der Waals surface area contributed by atoms with Crippen LogP contribution in [0.15, 0.2) is 22.7 Å². The van der Waals surface area contributed by atoms with Crippen molar-refractivity contribution < 1.29 is 27.6 Å². The fourth-order valence-electron chi connectivity index (χ4n) is 3.71. The fraction of sp³-hybridized carbons (Fsp3) is 0.571. The Kier molecular flexibility index (Phi) is 7.02. The number of hydrogen-bond acceptors (Lipinski definition) is 7. The van der Waals surface area contributed by atoms with Crippen LogP contribution in [-0.2, 0) is 10.7 Å². The fourth-order valence-corrected chi connectivity index (χ4v) is 3.71. The number of esters is 1. The zero-order valence-corrected chi connectivity index (χ0v) is 17.4. The summed E-state index contributed by atoms with van der Waals surface area (Å²) in [5.41, 5.74) is 1.30. The second-order valence-corrected chi connectivity index (χ2v) is 7.66. The molecule has 2 aromatic rings. The Balaban J connectivity index is 1.53. The van der Waals surface area contributed by atoms with E-state index in [4.69, 9.17) is 14.0 Å². The SMILES string of the molecule is COC(=O)c1ccc(OCCCC2CCNCC2c2nc(C(C)(F)F)no2)cc1C. The Morgan fingerprint density at radius 3 is 2.87 bits per heavy atom. The number of halogens is 2. The molecule has 0 amide bonds. The molecule has 1 aromatic carbocycles. The summed E-state index contributed by atoms with van der Waals surface area (Å²) < 4.78 is 42.5. The minimum Gasteiger partial charge on any atom is -0.494 e. The number of aryl methyl sites for hydroxylation is 1. The van der Waals surface area contributed by atoms with Gasteiger partial charge in [0, 0.05) is 13.5 Å². The molecular weight excluding hydrogens is 396 g/mol. The Hall–Kier alpha value is -2.55. The lowest BCUT2D eigenvalue weighted by atomic mass is 9.83. The van der Waals surface area contributed by atoms with Crippen molar-refractivity contribution in [2.45, 2.75) is 45.0 Å². The van der Waals surface area contributed by atoms with E-state index in [1.54, 1.807) is 12.1 Å². The van der Waals surface area contributed by atoms with Crippen LogP contribution >= 0.6 is 0 Å². The Labute approximate surface area is 174 Å². The summed E-state index contributed by atoms with van der Waals surface area (Å²) >= 11 is 0. The van der Waals surface area contributed by atoms with Gasteiger partial charge in [0.25, 0.3) is 0 Å². The topological polar surface area (TPSA) is 86.5 Å². The van der Waals surface area contributed by atoms with E-state index in [-0.39, 0.29) is 23.7 Å². The molecule has 1 aliphatic heterocycles. The first-order valence-corrected chi connectivity index (χ1v) is 10.0. The number of piperidine rings is 1. The normalized spacial score (nSPS) is 19.5. The molecule has 30 heavy (non-hydrogen) atoms. The number of nitrogens with one attached hydrogen (secondary N) is 1. The molecule has 1 N–H and O–H groups in total. The van der Waals surface area contributed by atoms with Crippen molar-refractivity contribution in [3.8, 4) is 5.75 Å². The molecule has 0 spiro atoms. The molecule has 1 fully saturated rings. The molecule has 0 radical (unpaired) electrons. The summed E-state index contributed by atoms with van der Waals surface area (Å²) in [4.78, 5) is 15.6. The second-order valence-electron chi connectivity index (χ2n) is 7.66. The van der Waals surface area contributed by atoms with Crippen LogP contribution in [0.3, 0.4) is 0 Å². The zero-order valence-electron chi connectivity index (χ0n) is 17.4. The highest BCUT2D eigenvalue weighted by molar-refractivity contribution is 5.91. The van der Waals surface area contributed by atoms with Crippen molar-refractivity contribution in [2.75, 3.05) is 26.8 Å². The van der Waals surface area contributed by atoms with E-state index in [0.717, 1.165) is 38.3 Å². The van der Waals surface area contributed by atoms with Gasteiger partial charge in [0.15, 0.2) is 0 Å². The maximum Gasteiger partial charge on any atom is 0.338 e.